The van der Waals surface area contributed by atoms with Gasteiger partial charge in [-0.05, 0) is 18.8 Å². The molecule has 0 aromatic rings. The highest BCUT2D eigenvalue weighted by molar-refractivity contribution is 4.71. The highest BCUT2D eigenvalue weighted by Gasteiger charge is 2.19. The fourth-order valence-electron chi connectivity index (χ4n) is 1.82. The van der Waals surface area contributed by atoms with E-state index in [1.807, 2.05) is 0 Å². The summed E-state index contributed by atoms with van der Waals surface area (Å²) in [6.07, 6.45) is 6.21. The van der Waals surface area contributed by atoms with Crippen molar-refractivity contribution < 1.29 is 9.50 Å². The predicted octanol–water partition coefficient (Wildman–Crippen LogP) is 2.29. The summed E-state index contributed by atoms with van der Waals surface area (Å²) >= 11 is 0. The smallest absolute Gasteiger partial charge is 0.116 e. The molecule has 0 heterocycles. The van der Waals surface area contributed by atoms with Crippen LogP contribution in [0.25, 0.3) is 0 Å². The van der Waals surface area contributed by atoms with E-state index in [1.165, 1.54) is 25.7 Å². The van der Waals surface area contributed by atoms with Gasteiger partial charge in [0.05, 0.1) is 6.10 Å². The number of hydrogen-bond acceptors (Lipinski definition) is 1. The minimum atomic E-state index is -0.687. The van der Waals surface area contributed by atoms with E-state index >= 15 is 0 Å². The number of rotatable bonds is 2. The first-order valence-electron chi connectivity index (χ1n) is 4.58. The van der Waals surface area contributed by atoms with E-state index in [0.717, 1.165) is 12.8 Å². The van der Waals surface area contributed by atoms with Crippen LogP contribution in [0.3, 0.4) is 0 Å². The molecule has 1 fully saturated rings. The van der Waals surface area contributed by atoms with Crippen molar-refractivity contribution in [2.75, 3.05) is 6.67 Å². The molecule has 11 heavy (non-hydrogen) atoms. The third-order valence-electron chi connectivity index (χ3n) is 2.60. The molecular weight excluding hydrogens is 143 g/mol. The Morgan fingerprint density at radius 3 is 2.18 bits per heavy atom. The first kappa shape index (κ1) is 8.98. The lowest BCUT2D eigenvalue weighted by Gasteiger charge is -2.17. The van der Waals surface area contributed by atoms with Gasteiger partial charge in [0.2, 0.25) is 0 Å². The minimum Gasteiger partial charge on any atom is -0.390 e. The molecular formula is C9H17FO. The maximum Gasteiger partial charge on any atom is 0.116 e. The van der Waals surface area contributed by atoms with Crippen LogP contribution in [0.2, 0.25) is 0 Å². The average molecular weight is 160 g/mol. The monoisotopic (exact) mass is 160 g/mol. The number of hydrogen-bond donors (Lipinski definition) is 1. The molecule has 2 heteroatoms. The van der Waals surface area contributed by atoms with Gasteiger partial charge < -0.3 is 5.11 Å². The maximum atomic E-state index is 12.1. The number of aliphatic hydroxyl groups excluding tert-OH is 1. The largest absolute Gasteiger partial charge is 0.390 e. The Morgan fingerprint density at radius 1 is 1.18 bits per heavy atom. The number of aliphatic hydroxyl groups is 1. The quantitative estimate of drug-likeness (QED) is 0.614. The van der Waals surface area contributed by atoms with Crippen molar-refractivity contribution in [2.45, 2.75) is 44.6 Å². The van der Waals surface area contributed by atoms with Crippen LogP contribution >= 0.6 is 0 Å². The molecule has 1 N–H and O–H groups in total. The van der Waals surface area contributed by atoms with E-state index in [1.54, 1.807) is 0 Å². The predicted molar refractivity (Wildman–Crippen MR) is 43.2 cm³/mol. The van der Waals surface area contributed by atoms with Gasteiger partial charge in [0.25, 0.3) is 0 Å². The topological polar surface area (TPSA) is 20.2 Å². The van der Waals surface area contributed by atoms with Crippen molar-refractivity contribution in [1.29, 1.82) is 0 Å². The fraction of sp³-hybridized carbons (Fsp3) is 1.00. The summed E-state index contributed by atoms with van der Waals surface area (Å²) in [5, 5.41) is 9.23. The van der Waals surface area contributed by atoms with Gasteiger partial charge in [-0.2, -0.15) is 0 Å². The van der Waals surface area contributed by atoms with Gasteiger partial charge in [0.1, 0.15) is 6.67 Å². The van der Waals surface area contributed by atoms with Crippen LogP contribution in [0.5, 0.6) is 0 Å². The van der Waals surface area contributed by atoms with E-state index < -0.39 is 12.8 Å². The zero-order valence-electron chi connectivity index (χ0n) is 6.93. The van der Waals surface area contributed by atoms with E-state index in [0.29, 0.717) is 0 Å². The Labute approximate surface area is 67.6 Å². The van der Waals surface area contributed by atoms with Gasteiger partial charge in [-0.25, -0.2) is 4.39 Å². The van der Waals surface area contributed by atoms with Crippen molar-refractivity contribution in [3.8, 4) is 0 Å². The Balaban J connectivity index is 2.30. The van der Waals surface area contributed by atoms with Gasteiger partial charge in [-0.15, -0.1) is 0 Å². The van der Waals surface area contributed by atoms with Crippen LogP contribution < -0.4 is 0 Å². The second kappa shape index (κ2) is 4.70. The molecule has 0 spiro atoms. The summed E-state index contributed by atoms with van der Waals surface area (Å²) in [5.41, 5.74) is 0. The molecule has 1 aliphatic carbocycles. The molecule has 0 amide bonds. The number of halogens is 1. The van der Waals surface area contributed by atoms with Crippen molar-refractivity contribution in [2.24, 2.45) is 5.92 Å². The maximum absolute atomic E-state index is 12.1. The van der Waals surface area contributed by atoms with Crippen LogP contribution in [-0.2, 0) is 0 Å². The van der Waals surface area contributed by atoms with Crippen LogP contribution in [-0.4, -0.2) is 17.9 Å². The zero-order chi connectivity index (χ0) is 8.10. The van der Waals surface area contributed by atoms with Crippen LogP contribution in [0.15, 0.2) is 0 Å². The fourth-order valence-corrected chi connectivity index (χ4v) is 1.82. The first-order valence-corrected chi connectivity index (χ1v) is 4.58. The molecule has 1 nitrogen and oxygen atoms in total. The molecule has 1 saturated carbocycles. The van der Waals surface area contributed by atoms with Gasteiger partial charge in [-0.3, -0.25) is 0 Å². The van der Waals surface area contributed by atoms with E-state index in [2.05, 4.69) is 0 Å². The summed E-state index contributed by atoms with van der Waals surface area (Å²) in [4.78, 5) is 0. The van der Waals surface area contributed by atoms with E-state index in [-0.39, 0.29) is 5.92 Å². The lowest BCUT2D eigenvalue weighted by atomic mass is 9.95. The summed E-state index contributed by atoms with van der Waals surface area (Å²) in [6.45, 7) is -0.565. The normalized spacial score (nSPS) is 24.5. The van der Waals surface area contributed by atoms with Crippen molar-refractivity contribution in [3.63, 3.8) is 0 Å². The van der Waals surface area contributed by atoms with Crippen molar-refractivity contribution in [3.05, 3.63) is 0 Å². The second-order valence-electron chi connectivity index (χ2n) is 3.47. The van der Waals surface area contributed by atoms with Gasteiger partial charge >= 0.3 is 0 Å². The minimum absolute atomic E-state index is 0.238. The molecule has 1 atom stereocenters. The SMILES string of the molecule is OC(CF)C1CCCCCC1. The number of alkyl halides is 1. The molecule has 0 radical (unpaired) electrons. The summed E-state index contributed by atoms with van der Waals surface area (Å²) in [5.74, 6) is 0.238. The zero-order valence-corrected chi connectivity index (χ0v) is 6.93. The highest BCUT2D eigenvalue weighted by atomic mass is 19.1. The molecule has 0 bridgehead atoms. The molecule has 0 aliphatic heterocycles. The van der Waals surface area contributed by atoms with Gasteiger partial charge in [-0.1, -0.05) is 25.7 Å². The standard InChI is InChI=1S/C9H17FO/c10-7-9(11)8-5-3-1-2-4-6-8/h8-9,11H,1-7H2. The van der Waals surface area contributed by atoms with Crippen molar-refractivity contribution in [1.82, 2.24) is 0 Å². The lowest BCUT2D eigenvalue weighted by Crippen LogP contribution is -2.21. The highest BCUT2D eigenvalue weighted by Crippen LogP contribution is 2.25. The Morgan fingerprint density at radius 2 is 1.73 bits per heavy atom. The molecule has 1 aliphatic rings. The summed E-state index contributed by atoms with van der Waals surface area (Å²) in [6, 6.07) is 0. The lowest BCUT2D eigenvalue weighted by molar-refractivity contribution is 0.0730. The Bertz CT molecular complexity index is 97.7. The first-order chi connectivity index (χ1) is 5.34. The Hall–Kier alpha value is -0.110. The molecule has 1 unspecified atom stereocenters. The second-order valence-corrected chi connectivity index (χ2v) is 3.47. The van der Waals surface area contributed by atoms with Gasteiger partial charge in [0.15, 0.2) is 0 Å². The summed E-state index contributed by atoms with van der Waals surface area (Å²) in [7, 11) is 0. The molecule has 1 rings (SSSR count). The molecule has 0 saturated heterocycles. The molecule has 66 valence electrons. The Kier molecular flexibility index (Phi) is 3.84. The third kappa shape index (κ3) is 2.78. The van der Waals surface area contributed by atoms with Gasteiger partial charge in [0, 0.05) is 0 Å². The van der Waals surface area contributed by atoms with Crippen LogP contribution in [0.1, 0.15) is 38.5 Å². The van der Waals surface area contributed by atoms with Crippen LogP contribution in [0, 0.1) is 5.92 Å². The van der Waals surface area contributed by atoms with Crippen molar-refractivity contribution >= 4 is 0 Å². The molecule has 0 aromatic carbocycles. The van der Waals surface area contributed by atoms with E-state index in [9.17, 15) is 9.50 Å². The van der Waals surface area contributed by atoms with E-state index in [4.69, 9.17) is 0 Å². The average Bonchev–Trinajstić information content (AvgIpc) is 2.30. The molecule has 0 aromatic heterocycles. The summed E-state index contributed by atoms with van der Waals surface area (Å²) < 4.78 is 12.1. The third-order valence-corrected chi connectivity index (χ3v) is 2.60. The van der Waals surface area contributed by atoms with Crippen LogP contribution in [0.4, 0.5) is 4.39 Å².